The summed E-state index contributed by atoms with van der Waals surface area (Å²) in [7, 11) is 0. The minimum absolute atomic E-state index is 0.00158. The molecule has 8 heteroatoms. The number of ether oxygens (including phenoxy) is 3. The average molecular weight is 371 g/mol. The maximum Gasteiger partial charge on any atom is 0.338 e. The average Bonchev–Trinajstić information content (AvgIpc) is 2.60. The van der Waals surface area contributed by atoms with Crippen molar-refractivity contribution in [2.75, 3.05) is 6.61 Å². The summed E-state index contributed by atoms with van der Waals surface area (Å²) >= 11 is 0. The molecule has 1 aliphatic heterocycles. The summed E-state index contributed by atoms with van der Waals surface area (Å²) in [6.45, 7) is 3.28. The lowest BCUT2D eigenvalue weighted by molar-refractivity contribution is -0.337. The fraction of sp³-hybridized carbons (Fsp3) is 0.556. The summed E-state index contributed by atoms with van der Waals surface area (Å²) in [6.07, 6.45) is 0.259. The molecule has 1 saturated heterocycles. The van der Waals surface area contributed by atoms with E-state index in [-0.39, 0.29) is 11.9 Å². The SMILES string of the molecule is CC(C)C(OC(=O)c1ccc(OC2CCCCO2)cc1)C(F)(F)C(=O)[O-]. The number of hydrogen-bond acceptors (Lipinski definition) is 6. The van der Waals surface area contributed by atoms with Crippen LogP contribution in [0, 0.1) is 5.92 Å². The lowest BCUT2D eigenvalue weighted by Crippen LogP contribution is -2.53. The normalized spacial score (nSPS) is 19.0. The molecule has 144 valence electrons. The number of carboxylic acids is 1. The van der Waals surface area contributed by atoms with Crippen LogP contribution in [-0.4, -0.2) is 36.9 Å². The van der Waals surface area contributed by atoms with Crippen LogP contribution in [-0.2, 0) is 14.3 Å². The lowest BCUT2D eigenvalue weighted by Gasteiger charge is -2.30. The van der Waals surface area contributed by atoms with Crippen LogP contribution < -0.4 is 9.84 Å². The molecule has 2 rings (SSSR count). The molecule has 0 N–H and O–H groups in total. The number of halogens is 2. The number of rotatable bonds is 7. The van der Waals surface area contributed by atoms with Gasteiger partial charge >= 0.3 is 11.9 Å². The number of benzene rings is 1. The maximum atomic E-state index is 13.7. The van der Waals surface area contributed by atoms with Gasteiger partial charge in [0.1, 0.15) is 11.7 Å². The van der Waals surface area contributed by atoms with E-state index in [2.05, 4.69) is 0 Å². The van der Waals surface area contributed by atoms with Crippen LogP contribution in [0.25, 0.3) is 0 Å². The van der Waals surface area contributed by atoms with E-state index >= 15 is 0 Å². The van der Waals surface area contributed by atoms with Gasteiger partial charge in [0.25, 0.3) is 0 Å². The van der Waals surface area contributed by atoms with Gasteiger partial charge in [0.15, 0.2) is 12.4 Å². The maximum absolute atomic E-state index is 13.7. The molecule has 2 atom stereocenters. The van der Waals surface area contributed by atoms with Crippen LogP contribution in [0.5, 0.6) is 5.75 Å². The number of esters is 1. The third-order valence-corrected chi connectivity index (χ3v) is 3.96. The molecule has 0 spiro atoms. The minimum atomic E-state index is -4.29. The van der Waals surface area contributed by atoms with E-state index in [4.69, 9.17) is 14.2 Å². The first kappa shape index (κ1) is 20.1. The Morgan fingerprint density at radius 3 is 2.38 bits per heavy atom. The van der Waals surface area contributed by atoms with Crippen molar-refractivity contribution in [1.29, 1.82) is 0 Å². The van der Waals surface area contributed by atoms with Crippen LogP contribution >= 0.6 is 0 Å². The molecule has 1 aromatic carbocycles. The molecule has 0 aliphatic carbocycles. The van der Waals surface area contributed by atoms with Crippen LogP contribution in [0.15, 0.2) is 24.3 Å². The first-order valence-electron chi connectivity index (χ1n) is 8.40. The molecule has 1 heterocycles. The molecule has 1 aromatic rings. The zero-order valence-electron chi connectivity index (χ0n) is 14.6. The standard InChI is InChI=1S/C18H22F2O6/c1-11(2)15(18(19,20)17(22)23)26-16(21)12-6-8-13(9-7-12)25-14-5-3-4-10-24-14/h6-9,11,14-15H,3-5,10H2,1-2H3,(H,22,23)/p-1. The summed E-state index contributed by atoms with van der Waals surface area (Å²) in [4.78, 5) is 22.7. The third-order valence-electron chi connectivity index (χ3n) is 3.96. The molecule has 0 radical (unpaired) electrons. The van der Waals surface area contributed by atoms with E-state index < -0.39 is 29.9 Å². The highest BCUT2D eigenvalue weighted by Crippen LogP contribution is 2.28. The Kier molecular flexibility index (Phi) is 6.52. The van der Waals surface area contributed by atoms with Gasteiger partial charge in [-0.05, 0) is 43.0 Å². The predicted molar refractivity (Wildman–Crippen MR) is 84.7 cm³/mol. The Balaban J connectivity index is 2.03. The van der Waals surface area contributed by atoms with E-state index in [0.29, 0.717) is 12.4 Å². The summed E-state index contributed by atoms with van der Waals surface area (Å²) in [5.41, 5.74) is 0.00158. The second-order valence-corrected chi connectivity index (χ2v) is 6.42. The first-order chi connectivity index (χ1) is 12.2. The van der Waals surface area contributed by atoms with Crippen molar-refractivity contribution in [2.45, 2.75) is 51.4 Å². The minimum Gasteiger partial charge on any atom is -0.544 e. The molecule has 0 amide bonds. The van der Waals surface area contributed by atoms with Gasteiger partial charge in [-0.25, -0.2) is 4.79 Å². The van der Waals surface area contributed by atoms with Crippen molar-refractivity contribution in [3.63, 3.8) is 0 Å². The highest BCUT2D eigenvalue weighted by atomic mass is 19.3. The number of carboxylic acid groups (broad SMARTS) is 1. The quantitative estimate of drug-likeness (QED) is 0.683. The zero-order valence-corrected chi connectivity index (χ0v) is 14.6. The van der Waals surface area contributed by atoms with Gasteiger partial charge < -0.3 is 24.1 Å². The molecular formula is C18H21F2O6-. The Morgan fingerprint density at radius 1 is 1.23 bits per heavy atom. The molecule has 2 unspecified atom stereocenters. The Hall–Kier alpha value is -2.22. The number of carbonyl (C=O) groups excluding carboxylic acids is 2. The van der Waals surface area contributed by atoms with Crippen LogP contribution in [0.2, 0.25) is 0 Å². The van der Waals surface area contributed by atoms with E-state index in [1.807, 2.05) is 0 Å². The van der Waals surface area contributed by atoms with Crippen molar-refractivity contribution >= 4 is 11.9 Å². The summed E-state index contributed by atoms with van der Waals surface area (Å²) in [6, 6.07) is 5.70. The van der Waals surface area contributed by atoms with Gasteiger partial charge in [0.05, 0.1) is 12.2 Å². The number of hydrogen-bond donors (Lipinski definition) is 0. The van der Waals surface area contributed by atoms with Crippen molar-refractivity contribution in [3.8, 4) is 5.75 Å². The largest absolute Gasteiger partial charge is 0.544 e. The van der Waals surface area contributed by atoms with E-state index in [0.717, 1.165) is 19.3 Å². The topological polar surface area (TPSA) is 84.9 Å². The Labute approximate surface area is 150 Å². The summed E-state index contributed by atoms with van der Waals surface area (Å²) < 4.78 is 43.2. The summed E-state index contributed by atoms with van der Waals surface area (Å²) in [5, 5.41) is 10.6. The number of aliphatic carboxylic acids is 1. The van der Waals surface area contributed by atoms with Gasteiger partial charge in [-0.3, -0.25) is 0 Å². The van der Waals surface area contributed by atoms with E-state index in [9.17, 15) is 23.5 Å². The molecule has 0 aromatic heterocycles. The summed E-state index contributed by atoms with van der Waals surface area (Å²) in [5.74, 6) is -8.37. The zero-order chi connectivity index (χ0) is 19.3. The Bertz CT molecular complexity index is 623. The second kappa shape index (κ2) is 8.44. The molecular weight excluding hydrogens is 350 g/mol. The van der Waals surface area contributed by atoms with Gasteiger partial charge in [-0.1, -0.05) is 13.8 Å². The van der Waals surface area contributed by atoms with Crippen molar-refractivity contribution in [2.24, 2.45) is 5.92 Å². The molecule has 1 aliphatic rings. The second-order valence-electron chi connectivity index (χ2n) is 6.42. The van der Waals surface area contributed by atoms with Gasteiger partial charge in [-0.2, -0.15) is 8.78 Å². The number of carbonyl (C=O) groups is 2. The van der Waals surface area contributed by atoms with Gasteiger partial charge in [-0.15, -0.1) is 0 Å². The number of alkyl halides is 2. The molecule has 0 saturated carbocycles. The van der Waals surface area contributed by atoms with Crippen LogP contribution in [0.1, 0.15) is 43.5 Å². The third kappa shape index (κ3) is 4.91. The predicted octanol–water partition coefficient (Wildman–Crippen LogP) is 2.16. The van der Waals surface area contributed by atoms with E-state index in [1.165, 1.54) is 38.1 Å². The lowest BCUT2D eigenvalue weighted by atomic mass is 10.0. The first-order valence-corrected chi connectivity index (χ1v) is 8.40. The van der Waals surface area contributed by atoms with Crippen LogP contribution in [0.4, 0.5) is 8.78 Å². The van der Waals surface area contributed by atoms with Crippen molar-refractivity contribution in [3.05, 3.63) is 29.8 Å². The fourth-order valence-electron chi connectivity index (χ4n) is 2.55. The molecule has 1 fully saturated rings. The molecule has 0 bridgehead atoms. The monoisotopic (exact) mass is 371 g/mol. The highest BCUT2D eigenvalue weighted by molar-refractivity contribution is 5.90. The Morgan fingerprint density at radius 2 is 1.88 bits per heavy atom. The highest BCUT2D eigenvalue weighted by Gasteiger charge is 2.46. The van der Waals surface area contributed by atoms with Gasteiger partial charge in [0.2, 0.25) is 0 Å². The smallest absolute Gasteiger partial charge is 0.338 e. The van der Waals surface area contributed by atoms with Crippen LogP contribution in [0.3, 0.4) is 0 Å². The van der Waals surface area contributed by atoms with Crippen molar-refractivity contribution in [1.82, 2.24) is 0 Å². The molecule has 26 heavy (non-hydrogen) atoms. The molecule has 6 nitrogen and oxygen atoms in total. The fourth-order valence-corrected chi connectivity index (χ4v) is 2.55. The van der Waals surface area contributed by atoms with Gasteiger partial charge in [0, 0.05) is 6.42 Å². The van der Waals surface area contributed by atoms with E-state index in [1.54, 1.807) is 0 Å². The van der Waals surface area contributed by atoms with Crippen molar-refractivity contribution < 1.29 is 37.7 Å².